The molecule has 164 valence electrons. The van der Waals surface area contributed by atoms with Gasteiger partial charge in [-0.2, -0.15) is 0 Å². The van der Waals surface area contributed by atoms with Crippen LogP contribution >= 0.6 is 12.2 Å². The van der Waals surface area contributed by atoms with E-state index in [1.807, 2.05) is 54.6 Å². The Bertz CT molecular complexity index is 1110. The summed E-state index contributed by atoms with van der Waals surface area (Å²) in [5.41, 5.74) is 2.89. The molecule has 4 N–H and O–H groups in total. The van der Waals surface area contributed by atoms with Crippen LogP contribution in [0.1, 0.15) is 31.1 Å². The van der Waals surface area contributed by atoms with E-state index in [9.17, 15) is 9.59 Å². The lowest BCUT2D eigenvalue weighted by Gasteiger charge is -2.19. The van der Waals surface area contributed by atoms with Crippen molar-refractivity contribution in [1.82, 2.24) is 5.32 Å². The van der Waals surface area contributed by atoms with E-state index in [0.717, 1.165) is 11.4 Å². The second-order valence-electron chi connectivity index (χ2n) is 8.23. The highest BCUT2D eigenvalue weighted by Crippen LogP contribution is 2.21. The SMILES string of the molecule is CC(C)(C)C(=O)NC(=S)Nc1ccccc1C(=O)Nc1ccc(Nc2ccccc2)cc1. The van der Waals surface area contributed by atoms with E-state index in [-0.39, 0.29) is 16.9 Å². The van der Waals surface area contributed by atoms with Crippen LogP contribution in [0.15, 0.2) is 78.9 Å². The molecule has 0 aliphatic heterocycles. The van der Waals surface area contributed by atoms with Gasteiger partial charge in [-0.15, -0.1) is 0 Å². The third-order valence-electron chi connectivity index (χ3n) is 4.53. The Kier molecular flexibility index (Phi) is 7.22. The van der Waals surface area contributed by atoms with Crippen LogP contribution in [0, 0.1) is 5.41 Å². The van der Waals surface area contributed by atoms with E-state index in [0.29, 0.717) is 16.9 Å². The van der Waals surface area contributed by atoms with Crippen molar-refractivity contribution in [2.45, 2.75) is 20.8 Å². The first-order valence-electron chi connectivity index (χ1n) is 10.2. The van der Waals surface area contributed by atoms with Crippen LogP contribution in [0.3, 0.4) is 0 Å². The Morgan fingerprint density at radius 2 is 1.28 bits per heavy atom. The number of hydrogen-bond acceptors (Lipinski definition) is 4. The lowest BCUT2D eigenvalue weighted by atomic mass is 9.96. The van der Waals surface area contributed by atoms with Gasteiger partial charge in [0.15, 0.2) is 5.11 Å². The van der Waals surface area contributed by atoms with Gasteiger partial charge in [-0.05, 0) is 60.7 Å². The Hall–Kier alpha value is -3.71. The monoisotopic (exact) mass is 446 g/mol. The van der Waals surface area contributed by atoms with Crippen LogP contribution in [0.4, 0.5) is 22.7 Å². The molecule has 32 heavy (non-hydrogen) atoms. The number of carbonyl (C=O) groups is 2. The molecule has 0 atom stereocenters. The van der Waals surface area contributed by atoms with Crippen molar-refractivity contribution in [2.24, 2.45) is 5.41 Å². The number of rotatable bonds is 5. The molecule has 0 radical (unpaired) electrons. The highest BCUT2D eigenvalue weighted by atomic mass is 32.1. The lowest BCUT2D eigenvalue weighted by molar-refractivity contribution is -0.126. The number of para-hydroxylation sites is 2. The molecule has 0 spiro atoms. The number of amides is 2. The summed E-state index contributed by atoms with van der Waals surface area (Å²) in [5, 5.41) is 11.9. The highest BCUT2D eigenvalue weighted by Gasteiger charge is 2.22. The Balaban J connectivity index is 1.65. The van der Waals surface area contributed by atoms with Crippen molar-refractivity contribution in [3.05, 3.63) is 84.4 Å². The molecule has 0 fully saturated rings. The molecule has 2 amide bonds. The molecule has 3 rings (SSSR count). The van der Waals surface area contributed by atoms with Crippen molar-refractivity contribution in [3.8, 4) is 0 Å². The third-order valence-corrected chi connectivity index (χ3v) is 4.74. The van der Waals surface area contributed by atoms with Crippen LogP contribution in [0.2, 0.25) is 0 Å². The van der Waals surface area contributed by atoms with Crippen molar-refractivity contribution in [1.29, 1.82) is 0 Å². The number of thiocarbonyl (C=S) groups is 1. The summed E-state index contributed by atoms with van der Waals surface area (Å²) in [6, 6.07) is 24.3. The van der Waals surface area contributed by atoms with Gasteiger partial charge < -0.3 is 21.3 Å². The normalized spacial score (nSPS) is 10.7. The molecular weight excluding hydrogens is 420 g/mol. The minimum atomic E-state index is -0.579. The molecule has 0 saturated heterocycles. The van der Waals surface area contributed by atoms with Crippen LogP contribution in [0.5, 0.6) is 0 Å². The number of anilines is 4. The van der Waals surface area contributed by atoms with Gasteiger partial charge in [-0.1, -0.05) is 51.1 Å². The van der Waals surface area contributed by atoms with Crippen LogP contribution in [0.25, 0.3) is 0 Å². The zero-order chi connectivity index (χ0) is 23.1. The minimum Gasteiger partial charge on any atom is -0.356 e. The summed E-state index contributed by atoms with van der Waals surface area (Å²) in [7, 11) is 0. The maximum atomic E-state index is 12.9. The van der Waals surface area contributed by atoms with Gasteiger partial charge in [0.25, 0.3) is 5.91 Å². The zero-order valence-electron chi connectivity index (χ0n) is 18.2. The van der Waals surface area contributed by atoms with Gasteiger partial charge in [-0.3, -0.25) is 9.59 Å². The first-order chi connectivity index (χ1) is 15.2. The van der Waals surface area contributed by atoms with Crippen LogP contribution in [-0.4, -0.2) is 16.9 Å². The topological polar surface area (TPSA) is 82.3 Å². The molecule has 0 aromatic heterocycles. The fraction of sp³-hybridized carbons (Fsp3) is 0.160. The van der Waals surface area contributed by atoms with Gasteiger partial charge in [0, 0.05) is 22.5 Å². The summed E-state index contributed by atoms with van der Waals surface area (Å²) in [6.45, 7) is 5.40. The molecule has 0 bridgehead atoms. The summed E-state index contributed by atoms with van der Waals surface area (Å²) >= 11 is 5.24. The molecule has 3 aromatic carbocycles. The Labute approximate surface area is 193 Å². The van der Waals surface area contributed by atoms with E-state index in [1.165, 1.54) is 0 Å². The third kappa shape index (κ3) is 6.39. The van der Waals surface area contributed by atoms with Crippen molar-refractivity contribution >= 4 is 51.9 Å². The Morgan fingerprint density at radius 1 is 0.719 bits per heavy atom. The predicted molar refractivity (Wildman–Crippen MR) is 134 cm³/mol. The highest BCUT2D eigenvalue weighted by molar-refractivity contribution is 7.80. The van der Waals surface area contributed by atoms with Crippen LogP contribution < -0.4 is 21.3 Å². The van der Waals surface area contributed by atoms with Gasteiger partial charge in [0.1, 0.15) is 0 Å². The van der Waals surface area contributed by atoms with E-state index in [4.69, 9.17) is 12.2 Å². The molecule has 0 aliphatic carbocycles. The van der Waals surface area contributed by atoms with Crippen molar-refractivity contribution in [2.75, 3.05) is 16.0 Å². The van der Waals surface area contributed by atoms with E-state index in [2.05, 4.69) is 21.3 Å². The van der Waals surface area contributed by atoms with Crippen LogP contribution in [-0.2, 0) is 4.79 Å². The van der Waals surface area contributed by atoms with Crippen molar-refractivity contribution < 1.29 is 9.59 Å². The minimum absolute atomic E-state index is 0.140. The van der Waals surface area contributed by atoms with Gasteiger partial charge in [0.05, 0.1) is 11.3 Å². The van der Waals surface area contributed by atoms with Gasteiger partial charge in [0.2, 0.25) is 5.91 Å². The second kappa shape index (κ2) is 10.1. The predicted octanol–water partition coefficient (Wildman–Crippen LogP) is 5.54. The molecule has 6 nitrogen and oxygen atoms in total. The fourth-order valence-corrected chi connectivity index (χ4v) is 2.96. The second-order valence-corrected chi connectivity index (χ2v) is 8.63. The number of carbonyl (C=O) groups excluding carboxylic acids is 2. The summed E-state index contributed by atoms with van der Waals surface area (Å²) in [5.74, 6) is -0.497. The molecule has 3 aromatic rings. The molecular formula is C25H26N4O2S. The number of hydrogen-bond donors (Lipinski definition) is 4. The van der Waals surface area contributed by atoms with E-state index >= 15 is 0 Å². The molecule has 0 saturated carbocycles. The number of nitrogens with one attached hydrogen (secondary N) is 4. The lowest BCUT2D eigenvalue weighted by Crippen LogP contribution is -2.41. The first kappa shape index (κ1) is 23.0. The Morgan fingerprint density at radius 3 is 1.94 bits per heavy atom. The quantitative estimate of drug-likeness (QED) is 0.387. The molecule has 0 aliphatic rings. The summed E-state index contributed by atoms with van der Waals surface area (Å²) in [4.78, 5) is 25.0. The standard InChI is InChI=1S/C25H26N4O2S/c1-25(2,3)23(31)29-24(32)28-21-12-8-7-11-20(21)22(30)27-19-15-13-18(14-16-19)26-17-9-5-4-6-10-17/h4-16,26H,1-3H3,(H,27,30)(H2,28,29,31,32). The van der Waals surface area contributed by atoms with E-state index in [1.54, 1.807) is 45.0 Å². The zero-order valence-corrected chi connectivity index (χ0v) is 19.0. The van der Waals surface area contributed by atoms with E-state index < -0.39 is 5.41 Å². The average molecular weight is 447 g/mol. The maximum Gasteiger partial charge on any atom is 0.257 e. The van der Waals surface area contributed by atoms with Gasteiger partial charge in [-0.25, -0.2) is 0 Å². The molecule has 0 heterocycles. The molecule has 0 unspecified atom stereocenters. The molecule has 7 heteroatoms. The largest absolute Gasteiger partial charge is 0.356 e. The number of benzene rings is 3. The van der Waals surface area contributed by atoms with Crippen molar-refractivity contribution in [3.63, 3.8) is 0 Å². The summed E-state index contributed by atoms with van der Waals surface area (Å²) < 4.78 is 0. The smallest absolute Gasteiger partial charge is 0.257 e. The maximum absolute atomic E-state index is 12.9. The summed E-state index contributed by atoms with van der Waals surface area (Å²) in [6.07, 6.45) is 0. The fourth-order valence-electron chi connectivity index (χ4n) is 2.76. The van der Waals surface area contributed by atoms with Gasteiger partial charge >= 0.3 is 0 Å². The first-order valence-corrected chi connectivity index (χ1v) is 10.6. The average Bonchev–Trinajstić information content (AvgIpc) is 2.75.